The molecule has 2 aliphatic rings. The highest BCUT2D eigenvalue weighted by Crippen LogP contribution is 2.48. The maximum atomic E-state index is 6.88. The van der Waals surface area contributed by atoms with Crippen molar-refractivity contribution in [1.82, 2.24) is 0 Å². The standard InChI is InChI=1S/C32H46O2Si2/c1-31(2,3)35(7,8)33-29-21-23(25-15-11-13-17-27(25)29)19-20-24-22-30(28-18-14-12-16-26(24)28)34-36(9,10)32(4,5)6/h11-18,21-22,29-30H,19-20H2,1-10H3/t29-,30-/m1/s1. The molecule has 4 rings (SSSR count). The van der Waals surface area contributed by atoms with Gasteiger partial charge in [0.05, 0.1) is 12.2 Å². The lowest BCUT2D eigenvalue weighted by Crippen LogP contribution is -2.41. The fourth-order valence-electron chi connectivity index (χ4n) is 4.69. The van der Waals surface area contributed by atoms with Crippen LogP contribution in [0.2, 0.25) is 36.3 Å². The summed E-state index contributed by atoms with van der Waals surface area (Å²) in [5.41, 5.74) is 8.22. The lowest BCUT2D eigenvalue weighted by molar-refractivity contribution is 0.232. The minimum atomic E-state index is -1.88. The van der Waals surface area contributed by atoms with Gasteiger partial charge in [-0.1, -0.05) is 90.1 Å². The van der Waals surface area contributed by atoms with Crippen LogP contribution in [0.4, 0.5) is 0 Å². The summed E-state index contributed by atoms with van der Waals surface area (Å²) in [6, 6.07) is 17.7. The predicted octanol–water partition coefficient (Wildman–Crippen LogP) is 10.1. The van der Waals surface area contributed by atoms with Gasteiger partial charge in [0.25, 0.3) is 0 Å². The van der Waals surface area contributed by atoms with E-state index in [9.17, 15) is 0 Å². The lowest BCUT2D eigenvalue weighted by atomic mass is 9.96. The Morgan fingerprint density at radius 3 is 1.25 bits per heavy atom. The molecule has 2 nitrogen and oxygen atoms in total. The highest BCUT2D eigenvalue weighted by atomic mass is 28.4. The van der Waals surface area contributed by atoms with Crippen LogP contribution < -0.4 is 0 Å². The summed E-state index contributed by atoms with van der Waals surface area (Å²) in [5.74, 6) is 0. The van der Waals surface area contributed by atoms with Gasteiger partial charge in [-0.05, 0) is 94.7 Å². The molecule has 194 valence electrons. The van der Waals surface area contributed by atoms with Crippen LogP contribution in [0.1, 0.15) is 88.8 Å². The van der Waals surface area contributed by atoms with Crippen molar-refractivity contribution in [1.29, 1.82) is 0 Å². The van der Waals surface area contributed by atoms with Gasteiger partial charge in [0.15, 0.2) is 16.6 Å². The molecule has 0 saturated heterocycles. The maximum absolute atomic E-state index is 6.88. The van der Waals surface area contributed by atoms with E-state index in [1.54, 1.807) is 0 Å². The third-order valence-electron chi connectivity index (χ3n) is 9.05. The van der Waals surface area contributed by atoms with E-state index < -0.39 is 16.6 Å². The van der Waals surface area contributed by atoms with Gasteiger partial charge in [-0.2, -0.15) is 0 Å². The van der Waals surface area contributed by atoms with Crippen molar-refractivity contribution in [3.05, 3.63) is 82.9 Å². The molecule has 2 atom stereocenters. The number of rotatable bonds is 7. The second-order valence-electron chi connectivity index (χ2n) is 13.7. The number of hydrogen-bond donors (Lipinski definition) is 0. The van der Waals surface area contributed by atoms with Crippen molar-refractivity contribution >= 4 is 27.8 Å². The maximum Gasteiger partial charge on any atom is 0.193 e. The van der Waals surface area contributed by atoms with E-state index >= 15 is 0 Å². The molecule has 0 aliphatic heterocycles. The van der Waals surface area contributed by atoms with Crippen molar-refractivity contribution in [2.45, 2.75) is 103 Å². The van der Waals surface area contributed by atoms with E-state index in [1.807, 2.05) is 0 Å². The molecule has 0 N–H and O–H groups in total. The van der Waals surface area contributed by atoms with E-state index in [0.29, 0.717) is 0 Å². The van der Waals surface area contributed by atoms with Crippen LogP contribution in [0.15, 0.2) is 60.7 Å². The van der Waals surface area contributed by atoms with Gasteiger partial charge in [0.1, 0.15) is 0 Å². The Balaban J connectivity index is 1.57. The lowest BCUT2D eigenvalue weighted by Gasteiger charge is -2.38. The highest BCUT2D eigenvalue weighted by Gasteiger charge is 2.42. The summed E-state index contributed by atoms with van der Waals surface area (Å²) in [5, 5.41) is 0.381. The van der Waals surface area contributed by atoms with Gasteiger partial charge in [0, 0.05) is 0 Å². The van der Waals surface area contributed by atoms with Crippen LogP contribution in [0, 0.1) is 0 Å². The molecule has 0 spiro atoms. The molecule has 4 heteroatoms. The van der Waals surface area contributed by atoms with Gasteiger partial charge in [-0.15, -0.1) is 0 Å². The Kier molecular flexibility index (Phi) is 7.24. The zero-order valence-electron chi connectivity index (χ0n) is 24.2. The van der Waals surface area contributed by atoms with Crippen molar-refractivity contribution in [3.63, 3.8) is 0 Å². The Labute approximate surface area is 222 Å². The first kappa shape index (κ1) is 27.3. The zero-order chi connectivity index (χ0) is 26.5. The smallest absolute Gasteiger partial charge is 0.193 e. The van der Waals surface area contributed by atoms with Crippen molar-refractivity contribution < 1.29 is 8.85 Å². The minimum absolute atomic E-state index is 0.0663. The first-order valence-electron chi connectivity index (χ1n) is 13.6. The Morgan fingerprint density at radius 2 is 0.917 bits per heavy atom. The molecule has 0 heterocycles. The van der Waals surface area contributed by atoms with Crippen LogP contribution in [-0.2, 0) is 8.85 Å². The molecular weight excluding hydrogens is 473 g/mol. The second kappa shape index (κ2) is 9.54. The predicted molar refractivity (Wildman–Crippen MR) is 160 cm³/mol. The average Bonchev–Trinajstić information content (AvgIpc) is 3.28. The monoisotopic (exact) mass is 518 g/mol. The number of hydrogen-bond acceptors (Lipinski definition) is 2. The molecule has 2 aliphatic carbocycles. The quantitative estimate of drug-likeness (QED) is 0.339. The highest BCUT2D eigenvalue weighted by molar-refractivity contribution is 6.74. The topological polar surface area (TPSA) is 18.5 Å². The molecule has 0 bridgehead atoms. The van der Waals surface area contributed by atoms with Crippen LogP contribution in [0.3, 0.4) is 0 Å². The van der Waals surface area contributed by atoms with Gasteiger partial charge in [-0.25, -0.2) is 0 Å². The molecule has 36 heavy (non-hydrogen) atoms. The summed E-state index contributed by atoms with van der Waals surface area (Å²) in [7, 11) is -3.76. The summed E-state index contributed by atoms with van der Waals surface area (Å²) in [6.07, 6.45) is 6.96. The fraction of sp³-hybridized carbons (Fsp3) is 0.500. The molecule has 2 aromatic carbocycles. The number of allylic oxidation sites excluding steroid dienone is 2. The SMILES string of the molecule is CC(C)(C)[Si](C)(C)O[C@@H]1C=C(CCC2=C[C@@H](O[Si](C)(C)C(C)(C)C)c3ccccc32)c2ccccc21. The first-order valence-corrected chi connectivity index (χ1v) is 19.4. The summed E-state index contributed by atoms with van der Waals surface area (Å²) >= 11 is 0. The average molecular weight is 519 g/mol. The second-order valence-corrected chi connectivity index (χ2v) is 23.2. The van der Waals surface area contributed by atoms with Gasteiger partial charge < -0.3 is 8.85 Å². The fourth-order valence-corrected chi connectivity index (χ4v) is 7.06. The summed E-state index contributed by atoms with van der Waals surface area (Å²) in [4.78, 5) is 0. The minimum Gasteiger partial charge on any atom is -0.406 e. The third-order valence-corrected chi connectivity index (χ3v) is 18.0. The van der Waals surface area contributed by atoms with Crippen molar-refractivity contribution in [2.75, 3.05) is 0 Å². The molecule has 0 saturated carbocycles. The Morgan fingerprint density at radius 1 is 0.583 bits per heavy atom. The van der Waals surface area contributed by atoms with Crippen LogP contribution in [0.5, 0.6) is 0 Å². The normalized spacial score (nSPS) is 20.2. The van der Waals surface area contributed by atoms with Crippen LogP contribution >= 0.6 is 0 Å². The van der Waals surface area contributed by atoms with Gasteiger partial charge >= 0.3 is 0 Å². The number of benzene rings is 2. The molecular formula is C32H46O2Si2. The Bertz CT molecular complexity index is 1080. The van der Waals surface area contributed by atoms with E-state index in [-0.39, 0.29) is 22.3 Å². The van der Waals surface area contributed by atoms with E-state index in [2.05, 4.69) is 128 Å². The Hall–Kier alpha value is -1.73. The molecule has 0 aromatic heterocycles. The van der Waals surface area contributed by atoms with Crippen LogP contribution in [0.25, 0.3) is 11.1 Å². The molecule has 2 aromatic rings. The van der Waals surface area contributed by atoms with Gasteiger partial charge in [-0.3, -0.25) is 0 Å². The summed E-state index contributed by atoms with van der Waals surface area (Å²) < 4.78 is 13.8. The molecule has 0 unspecified atom stereocenters. The van der Waals surface area contributed by atoms with E-state index in [0.717, 1.165) is 12.8 Å². The zero-order valence-corrected chi connectivity index (χ0v) is 26.2. The largest absolute Gasteiger partial charge is 0.406 e. The summed E-state index contributed by atoms with van der Waals surface area (Å²) in [6.45, 7) is 23.3. The molecule has 0 amide bonds. The molecule has 0 fully saturated rings. The first-order chi connectivity index (χ1) is 16.6. The van der Waals surface area contributed by atoms with Gasteiger partial charge in [0.2, 0.25) is 0 Å². The van der Waals surface area contributed by atoms with E-state index in [4.69, 9.17) is 8.85 Å². The van der Waals surface area contributed by atoms with Crippen molar-refractivity contribution in [3.8, 4) is 0 Å². The molecule has 0 radical (unpaired) electrons. The third kappa shape index (κ3) is 5.29. The van der Waals surface area contributed by atoms with Crippen molar-refractivity contribution in [2.24, 2.45) is 0 Å². The van der Waals surface area contributed by atoms with Crippen LogP contribution in [-0.4, -0.2) is 16.6 Å². The number of fused-ring (bicyclic) bond motifs is 2. The van der Waals surface area contributed by atoms with E-state index in [1.165, 1.54) is 33.4 Å².